The van der Waals surface area contributed by atoms with Gasteiger partial charge in [-0.05, 0) is 264 Å². The second-order valence-corrected chi connectivity index (χ2v) is 28.7. The summed E-state index contributed by atoms with van der Waals surface area (Å²) < 4.78 is 11.3. The molecule has 2 aliphatic rings. The molecule has 0 saturated carbocycles. The summed E-state index contributed by atoms with van der Waals surface area (Å²) in [4.78, 5) is 44.5. The van der Waals surface area contributed by atoms with Crippen LogP contribution in [-0.2, 0) is 19.3 Å². The molecule has 5 N–H and O–H groups in total. The first-order chi connectivity index (χ1) is 51.0. The van der Waals surface area contributed by atoms with Gasteiger partial charge in [0.05, 0.1) is 31.0 Å². The van der Waals surface area contributed by atoms with Gasteiger partial charge in [0, 0.05) is 67.5 Å². The van der Waals surface area contributed by atoms with Crippen LogP contribution >= 0.6 is 0 Å². The van der Waals surface area contributed by atoms with Crippen LogP contribution in [0.3, 0.4) is 0 Å². The number of aliphatic imine (C=N–C) groups is 1. The van der Waals surface area contributed by atoms with Gasteiger partial charge in [-0.2, -0.15) is 0 Å². The SMILES string of the molecule is C=C(c1ccc(NC(=O)c2ccc(/C=C/C(C)=C/C=C/C(C)=C/C=C/C=C(C)/C=C/C=C(C)/C=C/C3=C(C)CCCC3(C)C)cc2)cc1)c1[nH]c(C=c2[nH]c(=C(C3=NC(=Cc4[nH]cc(C)c4CC)C(CC)=C3C)c3ccc(NC(=O)c4ccc5c(OC)ccc(OC)c5c4)cc3)c(C)c2CC)c(CC)c1C. The van der Waals surface area contributed by atoms with Crippen LogP contribution in [0, 0.1) is 26.2 Å². The lowest BCUT2D eigenvalue weighted by atomic mass is 9.72. The fourth-order valence-electron chi connectivity index (χ4n) is 14.6. The number of aromatic amines is 3. The van der Waals surface area contributed by atoms with Crippen molar-refractivity contribution in [2.75, 3.05) is 24.9 Å². The van der Waals surface area contributed by atoms with Crippen molar-refractivity contribution in [1.29, 1.82) is 0 Å². The third-order valence-electron chi connectivity index (χ3n) is 20.8. The number of allylic oxidation sites excluding steroid dienone is 21. The lowest BCUT2D eigenvalue weighted by Gasteiger charge is -2.32. The average Bonchev–Trinajstić information content (AvgIpc) is 1.59. The third kappa shape index (κ3) is 18.1. The molecule has 0 fully saturated rings. The molecule has 0 saturated heterocycles. The van der Waals surface area contributed by atoms with E-state index in [1.165, 1.54) is 69.4 Å². The Bertz CT molecular complexity index is 5230. The number of methoxy groups -OCH3 is 2. The molecule has 2 amide bonds. The Morgan fingerprint density at radius 3 is 1.71 bits per heavy atom. The van der Waals surface area contributed by atoms with Gasteiger partial charge in [0.1, 0.15) is 11.5 Å². The Balaban J connectivity index is 0.824. The van der Waals surface area contributed by atoms with E-state index in [-0.39, 0.29) is 17.2 Å². The molecule has 8 aromatic rings. The predicted octanol–water partition coefficient (Wildman–Crippen LogP) is 22.8. The summed E-state index contributed by atoms with van der Waals surface area (Å²) in [5, 5.41) is 9.88. The Kier molecular flexibility index (Phi) is 25.6. The number of ether oxygens (including phenoxy) is 2. The van der Waals surface area contributed by atoms with Crippen molar-refractivity contribution in [3.8, 4) is 11.5 Å². The van der Waals surface area contributed by atoms with Gasteiger partial charge >= 0.3 is 0 Å². The van der Waals surface area contributed by atoms with Gasteiger partial charge in [-0.1, -0.05) is 197 Å². The first kappa shape index (κ1) is 77.4. The standard InChI is InChI=1S/C96H106N6O4/c1-19-77-65(10)59-97-84(77)57-85-79(21-3)68(13)92(101-85)90(72-44-49-76(50-45-72)99-95(104)74-46-51-81-82(56-74)89(106-18)54-53-88(81)105-17)93-69(14)80(22-4)87(102-93)58-86-78(20-2)67(12)91(100-86)66(11)71-42-47-75(48-43-71)98-94(103)73-40-38-70(39-41-73)37-35-62(7)32-25-30-60(5)28-23-24-29-61(6)31-26-33-63(8)36-52-83-64(9)34-27-55-96(83,15)16/h23-26,28-33,35-54,56-59,97,100,102H,11,19-22,27,34,55H2,1-10,12-18H3,(H,98,103)(H,99,104)/b24-23+,30-25+,31-26+,37-35+,52-36+,60-28+,61-29+,62-32+,63-33+,85-57?,87-58?,93-90?. The van der Waals surface area contributed by atoms with E-state index in [0.29, 0.717) is 34.0 Å². The molecule has 106 heavy (non-hydrogen) atoms. The molecule has 10 heteroatoms. The molecule has 0 radical (unpaired) electrons. The Hall–Kier alpha value is -11.2. The molecule has 544 valence electrons. The van der Waals surface area contributed by atoms with Crippen molar-refractivity contribution >= 4 is 69.0 Å². The zero-order chi connectivity index (χ0) is 75.9. The quantitative estimate of drug-likeness (QED) is 0.0345. The van der Waals surface area contributed by atoms with Crippen molar-refractivity contribution in [3.63, 3.8) is 0 Å². The van der Waals surface area contributed by atoms with Crippen LogP contribution in [0.2, 0.25) is 0 Å². The minimum Gasteiger partial charge on any atom is -0.496 e. The van der Waals surface area contributed by atoms with E-state index in [1.54, 1.807) is 14.2 Å². The molecule has 4 heterocycles. The summed E-state index contributed by atoms with van der Waals surface area (Å²) in [5.74, 6) is 0.931. The number of nitrogens with zero attached hydrogens (tertiary/aromatic N) is 1. The zero-order valence-electron chi connectivity index (χ0n) is 65.4. The van der Waals surface area contributed by atoms with E-state index in [2.05, 4.69) is 252 Å². The van der Waals surface area contributed by atoms with Crippen LogP contribution in [0.15, 0.2) is 250 Å². The first-order valence-corrected chi connectivity index (χ1v) is 37.4. The summed E-state index contributed by atoms with van der Waals surface area (Å²) in [5.41, 5.74) is 29.5. The highest BCUT2D eigenvalue weighted by molar-refractivity contribution is 6.33. The maximum absolute atomic E-state index is 14.0. The molecule has 1 aliphatic heterocycles. The minimum atomic E-state index is -0.242. The maximum Gasteiger partial charge on any atom is 0.255 e. The van der Waals surface area contributed by atoms with Crippen molar-refractivity contribution in [2.45, 2.75) is 149 Å². The smallest absolute Gasteiger partial charge is 0.255 e. The van der Waals surface area contributed by atoms with E-state index in [9.17, 15) is 9.59 Å². The molecule has 5 aromatic carbocycles. The van der Waals surface area contributed by atoms with Gasteiger partial charge in [-0.25, -0.2) is 4.99 Å². The van der Waals surface area contributed by atoms with E-state index < -0.39 is 0 Å². The van der Waals surface area contributed by atoms with Gasteiger partial charge < -0.3 is 35.1 Å². The molecular weight excluding hydrogens is 1300 g/mol. The van der Waals surface area contributed by atoms with Gasteiger partial charge in [0.2, 0.25) is 0 Å². The monoisotopic (exact) mass is 1410 g/mol. The third-order valence-corrected chi connectivity index (χ3v) is 20.8. The molecular formula is C96H106N6O4. The average molecular weight is 1410 g/mol. The molecule has 10 nitrogen and oxygen atoms in total. The van der Waals surface area contributed by atoms with Gasteiger partial charge in [0.25, 0.3) is 11.8 Å². The summed E-state index contributed by atoms with van der Waals surface area (Å²) in [6.07, 6.45) is 43.4. The highest BCUT2D eigenvalue weighted by Gasteiger charge is 2.28. The lowest BCUT2D eigenvalue weighted by molar-refractivity contribution is 0.101. The molecule has 0 bridgehead atoms. The fourth-order valence-corrected chi connectivity index (χ4v) is 14.6. The molecule has 3 aromatic heterocycles. The summed E-state index contributed by atoms with van der Waals surface area (Å²) in [6.45, 7) is 37.6. The number of benzene rings is 5. The van der Waals surface area contributed by atoms with Crippen LogP contribution in [0.5, 0.6) is 11.5 Å². The van der Waals surface area contributed by atoms with Crippen molar-refractivity contribution in [3.05, 3.63) is 334 Å². The second kappa shape index (κ2) is 35.0. The number of nitrogens with one attached hydrogen (secondary N) is 5. The Morgan fingerprint density at radius 2 is 1.12 bits per heavy atom. The molecule has 0 spiro atoms. The fraction of sp³-hybridized carbons (Fsp3) is 0.260. The number of H-pyrrole nitrogens is 3. The van der Waals surface area contributed by atoms with Crippen molar-refractivity contribution < 1.29 is 19.1 Å². The number of anilines is 2. The number of amides is 2. The molecule has 10 rings (SSSR count). The normalized spacial score (nSPS) is 15.7. The van der Waals surface area contributed by atoms with Gasteiger partial charge in [0.15, 0.2) is 0 Å². The number of hydrogen-bond acceptors (Lipinski definition) is 5. The van der Waals surface area contributed by atoms with E-state index in [1.807, 2.05) is 91.0 Å². The van der Waals surface area contributed by atoms with E-state index >= 15 is 0 Å². The lowest BCUT2D eigenvalue weighted by Crippen LogP contribution is -2.21. The van der Waals surface area contributed by atoms with Crippen LogP contribution in [0.1, 0.15) is 197 Å². The number of fused-ring (bicyclic) bond motifs is 1. The van der Waals surface area contributed by atoms with Crippen LogP contribution < -0.4 is 30.8 Å². The molecule has 1 aliphatic carbocycles. The van der Waals surface area contributed by atoms with Crippen LogP contribution in [0.4, 0.5) is 11.4 Å². The summed E-state index contributed by atoms with van der Waals surface area (Å²) in [6, 6.07) is 32.9. The van der Waals surface area contributed by atoms with Crippen molar-refractivity contribution in [2.24, 2.45) is 10.4 Å². The van der Waals surface area contributed by atoms with Crippen LogP contribution in [-0.4, -0.2) is 46.7 Å². The molecule has 0 atom stereocenters. The predicted molar refractivity (Wildman–Crippen MR) is 450 cm³/mol. The first-order valence-electron chi connectivity index (χ1n) is 37.4. The van der Waals surface area contributed by atoms with Crippen LogP contribution in [0.25, 0.3) is 40.1 Å². The van der Waals surface area contributed by atoms with Gasteiger partial charge in [-0.15, -0.1) is 0 Å². The number of aromatic nitrogens is 3. The highest BCUT2D eigenvalue weighted by Crippen LogP contribution is 2.42. The van der Waals surface area contributed by atoms with Gasteiger partial charge in [-0.3, -0.25) is 9.59 Å². The topological polar surface area (TPSA) is 136 Å². The number of rotatable bonds is 26. The maximum atomic E-state index is 14.0. The molecule has 0 unspecified atom stereocenters. The number of carbonyl (C=O) groups is 2. The van der Waals surface area contributed by atoms with E-state index in [4.69, 9.17) is 14.5 Å². The highest BCUT2D eigenvalue weighted by atomic mass is 16.5. The minimum absolute atomic E-state index is 0.186. The summed E-state index contributed by atoms with van der Waals surface area (Å²) >= 11 is 0. The van der Waals surface area contributed by atoms with Crippen molar-refractivity contribution in [1.82, 2.24) is 15.0 Å². The Morgan fingerprint density at radius 1 is 0.575 bits per heavy atom. The number of carbonyl (C=O) groups excluding carboxylic acids is 2. The Labute approximate surface area is 629 Å². The number of aryl methyl sites for hydroxylation is 1. The largest absolute Gasteiger partial charge is 0.496 e. The zero-order valence-corrected chi connectivity index (χ0v) is 65.4. The second-order valence-electron chi connectivity index (χ2n) is 28.7. The van der Waals surface area contributed by atoms with E-state index in [0.717, 1.165) is 131 Å². The number of hydrogen-bond donors (Lipinski definition) is 5. The summed E-state index contributed by atoms with van der Waals surface area (Å²) in [7, 11) is 3.26.